The van der Waals surface area contributed by atoms with Crippen molar-refractivity contribution in [2.24, 2.45) is 0 Å². The zero-order chi connectivity index (χ0) is 29.7. The van der Waals surface area contributed by atoms with Crippen LogP contribution in [-0.2, 0) is 4.79 Å². The number of amides is 2. The lowest BCUT2D eigenvalue weighted by molar-refractivity contribution is -0.192. The lowest BCUT2D eigenvalue weighted by Gasteiger charge is -2.33. The first-order valence-corrected chi connectivity index (χ1v) is 12.5. The van der Waals surface area contributed by atoms with Crippen molar-refractivity contribution >= 4 is 17.8 Å². The van der Waals surface area contributed by atoms with Crippen molar-refractivity contribution in [3.05, 3.63) is 48.3 Å². The van der Waals surface area contributed by atoms with Crippen LogP contribution in [0.5, 0.6) is 5.75 Å². The molecule has 12 nitrogen and oxygen atoms in total. The zero-order valence-corrected chi connectivity index (χ0v) is 22.1. The Hall–Kier alpha value is -3.98. The molecule has 1 saturated heterocycles. The molecule has 15 heteroatoms. The van der Waals surface area contributed by atoms with E-state index in [1.54, 1.807) is 29.3 Å². The molecule has 1 aromatic heterocycles. The number of carbonyl (C=O) groups is 3. The van der Waals surface area contributed by atoms with Gasteiger partial charge in [-0.05, 0) is 38.0 Å². The molecule has 0 atom stereocenters. The van der Waals surface area contributed by atoms with Crippen molar-refractivity contribution < 1.29 is 42.5 Å². The Morgan fingerprint density at radius 1 is 1.20 bits per heavy atom. The van der Waals surface area contributed by atoms with Crippen LogP contribution in [0.4, 0.5) is 13.2 Å². The highest BCUT2D eigenvalue weighted by molar-refractivity contribution is 5.95. The van der Waals surface area contributed by atoms with Crippen molar-refractivity contribution in [3.63, 3.8) is 0 Å². The zero-order valence-electron chi connectivity index (χ0n) is 22.1. The molecule has 0 spiro atoms. The number of aliphatic hydroxyl groups excluding tert-OH is 1. The monoisotopic (exact) mass is 570 g/mol. The Labute approximate surface area is 229 Å². The van der Waals surface area contributed by atoms with Crippen molar-refractivity contribution in [1.29, 1.82) is 0 Å². The van der Waals surface area contributed by atoms with E-state index in [1.807, 2.05) is 13.0 Å². The summed E-state index contributed by atoms with van der Waals surface area (Å²) >= 11 is 0. The highest BCUT2D eigenvalue weighted by Gasteiger charge is 2.38. The molecule has 0 radical (unpaired) electrons. The molecular formula is C25H33F3N6O6. The summed E-state index contributed by atoms with van der Waals surface area (Å²) in [5, 5.41) is 27.2. The van der Waals surface area contributed by atoms with E-state index in [0.29, 0.717) is 62.9 Å². The standard InChI is InChI=1S/C23H32N6O4.C2HF3O2/c1-3-5-6-15-33-21-16-18(22(31)24-4-2)7-8-20(21)29-17-19(25-26-29)23(32)28-11-9-27(10-12-28)13-14-30;3-2(4,5)1(6)7/h3,7-8,16-17,30H,1,4-6,9-15H2,2H3,(H,24,31);(H,6,7). The molecule has 0 bridgehead atoms. The van der Waals surface area contributed by atoms with Gasteiger partial charge in [0.15, 0.2) is 5.69 Å². The summed E-state index contributed by atoms with van der Waals surface area (Å²) in [6.07, 6.45) is -0.0644. The Bertz CT molecular complexity index is 1150. The third kappa shape index (κ3) is 9.64. The van der Waals surface area contributed by atoms with Crippen LogP contribution in [0.25, 0.3) is 5.69 Å². The van der Waals surface area contributed by atoms with Crippen molar-refractivity contribution in [3.8, 4) is 11.4 Å². The summed E-state index contributed by atoms with van der Waals surface area (Å²) < 4.78 is 39.2. The molecule has 40 heavy (non-hydrogen) atoms. The summed E-state index contributed by atoms with van der Waals surface area (Å²) in [4.78, 5) is 37.9. The predicted molar refractivity (Wildman–Crippen MR) is 137 cm³/mol. The minimum atomic E-state index is -5.08. The van der Waals surface area contributed by atoms with Crippen LogP contribution in [0.15, 0.2) is 37.1 Å². The molecule has 1 aromatic carbocycles. The number of rotatable bonds is 11. The molecule has 2 amide bonds. The number of halogens is 3. The predicted octanol–water partition coefficient (Wildman–Crippen LogP) is 1.75. The Kier molecular flexibility index (Phi) is 12.5. The molecular weight excluding hydrogens is 537 g/mol. The number of hydrogen-bond donors (Lipinski definition) is 3. The van der Waals surface area contributed by atoms with Crippen LogP contribution < -0.4 is 10.1 Å². The number of aliphatic carboxylic acids is 1. The number of benzene rings is 1. The number of allylic oxidation sites excluding steroid dienone is 1. The van der Waals surface area contributed by atoms with Crippen LogP contribution in [0, 0.1) is 0 Å². The molecule has 0 saturated carbocycles. The number of ether oxygens (including phenoxy) is 1. The SMILES string of the molecule is C=CCCCOc1cc(C(=O)NCC)ccc1-n1cc(C(=O)N2CCN(CCO)CC2)nn1.O=C(O)C(F)(F)F. The maximum Gasteiger partial charge on any atom is 0.490 e. The molecule has 1 aliphatic heterocycles. The van der Waals surface area contributed by atoms with Gasteiger partial charge in [-0.2, -0.15) is 13.2 Å². The fourth-order valence-corrected chi connectivity index (χ4v) is 3.59. The van der Waals surface area contributed by atoms with E-state index in [0.717, 1.165) is 12.8 Å². The summed E-state index contributed by atoms with van der Waals surface area (Å²) in [7, 11) is 0. The van der Waals surface area contributed by atoms with Gasteiger partial charge in [-0.25, -0.2) is 9.48 Å². The second-order valence-electron chi connectivity index (χ2n) is 8.53. The second-order valence-corrected chi connectivity index (χ2v) is 8.53. The molecule has 2 heterocycles. The number of piperazine rings is 1. The van der Waals surface area contributed by atoms with Gasteiger partial charge >= 0.3 is 12.1 Å². The molecule has 3 N–H and O–H groups in total. The number of nitrogens with one attached hydrogen (secondary N) is 1. The van der Waals surface area contributed by atoms with Gasteiger partial charge in [0.2, 0.25) is 0 Å². The minimum Gasteiger partial charge on any atom is -0.491 e. The fraction of sp³-hybridized carbons (Fsp3) is 0.480. The van der Waals surface area contributed by atoms with Crippen molar-refractivity contribution in [2.45, 2.75) is 25.9 Å². The number of nitrogens with zero attached hydrogens (tertiary/aromatic N) is 5. The summed E-state index contributed by atoms with van der Waals surface area (Å²) in [5.41, 5.74) is 1.33. The summed E-state index contributed by atoms with van der Waals surface area (Å²) in [6.45, 7) is 9.86. The maximum absolute atomic E-state index is 12.9. The Balaban J connectivity index is 0.000000708. The topological polar surface area (TPSA) is 150 Å². The van der Waals surface area contributed by atoms with E-state index in [2.05, 4.69) is 27.1 Å². The average molecular weight is 571 g/mol. The Morgan fingerprint density at radius 2 is 1.88 bits per heavy atom. The van der Waals surface area contributed by atoms with Gasteiger partial charge in [0.25, 0.3) is 11.8 Å². The molecule has 1 aliphatic rings. The smallest absolute Gasteiger partial charge is 0.490 e. The largest absolute Gasteiger partial charge is 0.491 e. The summed E-state index contributed by atoms with van der Waals surface area (Å²) in [5.74, 6) is -2.64. The number of unbranched alkanes of at least 4 members (excludes halogenated alkanes) is 1. The third-order valence-corrected chi connectivity index (χ3v) is 5.65. The maximum atomic E-state index is 12.9. The van der Waals surface area contributed by atoms with Gasteiger partial charge in [-0.3, -0.25) is 14.5 Å². The van der Waals surface area contributed by atoms with E-state index in [1.165, 1.54) is 4.68 Å². The van der Waals surface area contributed by atoms with E-state index in [4.69, 9.17) is 19.7 Å². The number of carboxylic acid groups (broad SMARTS) is 1. The first-order valence-electron chi connectivity index (χ1n) is 12.5. The molecule has 0 unspecified atom stereocenters. The Morgan fingerprint density at radius 3 is 2.45 bits per heavy atom. The first-order chi connectivity index (χ1) is 19.0. The van der Waals surface area contributed by atoms with Gasteiger partial charge in [0.05, 0.1) is 19.4 Å². The number of hydrogen-bond acceptors (Lipinski definition) is 8. The molecule has 220 valence electrons. The van der Waals surface area contributed by atoms with E-state index in [9.17, 15) is 22.8 Å². The van der Waals surface area contributed by atoms with Gasteiger partial charge in [-0.15, -0.1) is 11.7 Å². The van der Waals surface area contributed by atoms with Crippen LogP contribution in [0.1, 0.15) is 40.6 Å². The van der Waals surface area contributed by atoms with Gasteiger partial charge < -0.3 is 25.2 Å². The lowest BCUT2D eigenvalue weighted by Crippen LogP contribution is -2.49. The normalized spacial score (nSPS) is 13.7. The average Bonchev–Trinajstić information content (AvgIpc) is 3.41. The van der Waals surface area contributed by atoms with Crippen LogP contribution in [0.3, 0.4) is 0 Å². The molecule has 1 fully saturated rings. The number of carboxylic acids is 1. The van der Waals surface area contributed by atoms with E-state index in [-0.39, 0.29) is 24.1 Å². The van der Waals surface area contributed by atoms with Crippen LogP contribution in [0.2, 0.25) is 0 Å². The minimum absolute atomic E-state index is 0.110. The van der Waals surface area contributed by atoms with Gasteiger partial charge in [-0.1, -0.05) is 11.3 Å². The third-order valence-electron chi connectivity index (χ3n) is 5.65. The van der Waals surface area contributed by atoms with Gasteiger partial charge in [0.1, 0.15) is 11.4 Å². The number of aliphatic hydroxyl groups is 1. The van der Waals surface area contributed by atoms with Gasteiger partial charge in [0, 0.05) is 44.8 Å². The fourth-order valence-electron chi connectivity index (χ4n) is 3.59. The number of alkyl halides is 3. The van der Waals surface area contributed by atoms with Crippen molar-refractivity contribution in [2.75, 3.05) is 52.5 Å². The van der Waals surface area contributed by atoms with Crippen LogP contribution >= 0.6 is 0 Å². The molecule has 0 aliphatic carbocycles. The number of aromatic nitrogens is 3. The number of β-amino-alcohol motifs (C(OH)–C–C–N with tert-alkyl or cyclic N) is 1. The lowest BCUT2D eigenvalue weighted by atomic mass is 10.1. The van der Waals surface area contributed by atoms with E-state index < -0.39 is 12.1 Å². The van der Waals surface area contributed by atoms with E-state index >= 15 is 0 Å². The van der Waals surface area contributed by atoms with Crippen LogP contribution in [-0.4, -0.2) is 111 Å². The molecule has 2 aromatic rings. The highest BCUT2D eigenvalue weighted by atomic mass is 19.4. The number of carbonyl (C=O) groups excluding carboxylic acids is 2. The molecule has 3 rings (SSSR count). The van der Waals surface area contributed by atoms with Crippen molar-refractivity contribution in [1.82, 2.24) is 30.1 Å². The second kappa shape index (κ2) is 15.6. The summed E-state index contributed by atoms with van der Waals surface area (Å²) in [6, 6.07) is 5.11. The quantitative estimate of drug-likeness (QED) is 0.271. The highest BCUT2D eigenvalue weighted by Crippen LogP contribution is 2.25. The first kappa shape index (κ1) is 32.2.